The van der Waals surface area contributed by atoms with E-state index in [1.807, 2.05) is 0 Å². The smallest absolute Gasteiger partial charge is 0.122 e. The maximum absolute atomic E-state index is 10.3. The number of aromatic nitrogens is 2. The first-order chi connectivity index (χ1) is 8.74. The van der Waals surface area contributed by atoms with E-state index in [4.69, 9.17) is 9.47 Å². The summed E-state index contributed by atoms with van der Waals surface area (Å²) >= 11 is 0. The molecule has 0 fully saturated rings. The van der Waals surface area contributed by atoms with Gasteiger partial charge in [0, 0.05) is 17.8 Å². The number of aliphatic hydroxyl groups is 1. The first-order valence-corrected chi connectivity index (χ1v) is 5.42. The highest BCUT2D eigenvalue weighted by atomic mass is 16.5. The fraction of sp³-hybridized carbons (Fsp3) is 0.231. The van der Waals surface area contributed by atoms with E-state index in [1.54, 1.807) is 38.5 Å². The summed E-state index contributed by atoms with van der Waals surface area (Å²) in [5.74, 6) is 1.26. The van der Waals surface area contributed by atoms with E-state index in [2.05, 4.69) is 10.2 Å². The van der Waals surface area contributed by atoms with Crippen LogP contribution in [-0.4, -0.2) is 29.5 Å². The summed E-state index contributed by atoms with van der Waals surface area (Å²) in [5, 5.41) is 17.7. The Bertz CT molecular complexity index is 495. The maximum Gasteiger partial charge on any atom is 0.122 e. The van der Waals surface area contributed by atoms with Crippen molar-refractivity contribution in [3.05, 3.63) is 47.8 Å². The zero-order valence-electron chi connectivity index (χ0n) is 10.2. The third kappa shape index (κ3) is 2.57. The van der Waals surface area contributed by atoms with Gasteiger partial charge < -0.3 is 14.6 Å². The summed E-state index contributed by atoms with van der Waals surface area (Å²) < 4.78 is 10.3. The molecule has 1 N–H and O–H groups in total. The van der Waals surface area contributed by atoms with E-state index in [1.165, 1.54) is 12.4 Å². The zero-order chi connectivity index (χ0) is 13.0. The Morgan fingerprint density at radius 3 is 2.17 bits per heavy atom. The van der Waals surface area contributed by atoms with Crippen LogP contribution in [0.5, 0.6) is 11.5 Å². The van der Waals surface area contributed by atoms with Gasteiger partial charge in [0.05, 0.1) is 20.4 Å². The SMILES string of the molecule is COc1cc(OC)cc(C(O)c2ccnnc2)c1. The Labute approximate surface area is 105 Å². The Balaban J connectivity index is 2.38. The largest absolute Gasteiger partial charge is 0.497 e. The monoisotopic (exact) mass is 246 g/mol. The number of nitrogens with zero attached hydrogens (tertiary/aromatic N) is 2. The van der Waals surface area contributed by atoms with E-state index >= 15 is 0 Å². The lowest BCUT2D eigenvalue weighted by molar-refractivity contribution is 0.218. The molecule has 5 nitrogen and oxygen atoms in total. The Hall–Kier alpha value is -2.14. The Morgan fingerprint density at radius 2 is 1.67 bits per heavy atom. The van der Waals surface area contributed by atoms with Crippen LogP contribution in [-0.2, 0) is 0 Å². The summed E-state index contributed by atoms with van der Waals surface area (Å²) in [4.78, 5) is 0. The van der Waals surface area contributed by atoms with Crippen LogP contribution in [0, 0.1) is 0 Å². The fourth-order valence-corrected chi connectivity index (χ4v) is 1.64. The molecule has 0 bridgehead atoms. The van der Waals surface area contributed by atoms with Crippen molar-refractivity contribution >= 4 is 0 Å². The second-order valence-electron chi connectivity index (χ2n) is 3.72. The van der Waals surface area contributed by atoms with Crippen molar-refractivity contribution in [2.24, 2.45) is 0 Å². The third-order valence-corrected chi connectivity index (χ3v) is 2.61. The van der Waals surface area contributed by atoms with Crippen LogP contribution in [0.15, 0.2) is 36.7 Å². The van der Waals surface area contributed by atoms with Gasteiger partial charge >= 0.3 is 0 Å². The molecule has 1 unspecified atom stereocenters. The van der Waals surface area contributed by atoms with Crippen LogP contribution in [0.1, 0.15) is 17.2 Å². The third-order valence-electron chi connectivity index (χ3n) is 2.61. The van der Waals surface area contributed by atoms with Gasteiger partial charge in [-0.05, 0) is 23.8 Å². The molecule has 5 heteroatoms. The number of hydrogen-bond acceptors (Lipinski definition) is 5. The van der Waals surface area contributed by atoms with Crippen molar-refractivity contribution in [1.82, 2.24) is 10.2 Å². The van der Waals surface area contributed by atoms with Crippen LogP contribution < -0.4 is 9.47 Å². The molecule has 0 saturated carbocycles. The van der Waals surface area contributed by atoms with E-state index in [-0.39, 0.29) is 0 Å². The van der Waals surface area contributed by atoms with E-state index in [0.29, 0.717) is 22.6 Å². The van der Waals surface area contributed by atoms with E-state index in [9.17, 15) is 5.11 Å². The minimum Gasteiger partial charge on any atom is -0.497 e. The molecule has 18 heavy (non-hydrogen) atoms. The van der Waals surface area contributed by atoms with Gasteiger partial charge in [-0.25, -0.2) is 0 Å². The molecule has 1 atom stereocenters. The van der Waals surface area contributed by atoms with Crippen molar-refractivity contribution in [2.75, 3.05) is 14.2 Å². The van der Waals surface area contributed by atoms with Crippen molar-refractivity contribution < 1.29 is 14.6 Å². The lowest BCUT2D eigenvalue weighted by Crippen LogP contribution is -2.02. The van der Waals surface area contributed by atoms with Crippen LogP contribution in [0.25, 0.3) is 0 Å². The van der Waals surface area contributed by atoms with Crippen molar-refractivity contribution in [3.63, 3.8) is 0 Å². The number of rotatable bonds is 4. The van der Waals surface area contributed by atoms with Crippen LogP contribution in [0.3, 0.4) is 0 Å². The first-order valence-electron chi connectivity index (χ1n) is 5.42. The molecule has 0 aliphatic heterocycles. The van der Waals surface area contributed by atoms with Gasteiger partial charge in [0.1, 0.15) is 17.6 Å². The highest BCUT2D eigenvalue weighted by Gasteiger charge is 2.13. The van der Waals surface area contributed by atoms with Gasteiger partial charge in [-0.1, -0.05) is 0 Å². The minimum absolute atomic E-state index is 0.630. The molecule has 2 rings (SSSR count). The number of benzene rings is 1. The van der Waals surface area contributed by atoms with E-state index < -0.39 is 6.10 Å². The lowest BCUT2D eigenvalue weighted by atomic mass is 10.0. The molecule has 1 aromatic carbocycles. The molecular formula is C13H14N2O3. The standard InChI is InChI=1S/C13H14N2O3/c1-17-11-5-10(6-12(7-11)18-2)13(16)9-3-4-14-15-8-9/h3-8,13,16H,1-2H3. The minimum atomic E-state index is -0.788. The molecule has 94 valence electrons. The summed E-state index contributed by atoms with van der Waals surface area (Å²) in [6.45, 7) is 0. The van der Waals surface area contributed by atoms with Crippen LogP contribution >= 0.6 is 0 Å². The van der Waals surface area contributed by atoms with Gasteiger partial charge in [0.2, 0.25) is 0 Å². The molecule has 0 aliphatic carbocycles. The molecular weight excluding hydrogens is 232 g/mol. The number of ether oxygens (including phenoxy) is 2. The zero-order valence-corrected chi connectivity index (χ0v) is 10.2. The highest BCUT2D eigenvalue weighted by Crippen LogP contribution is 2.29. The number of aliphatic hydroxyl groups excluding tert-OH is 1. The summed E-state index contributed by atoms with van der Waals surface area (Å²) in [6.07, 6.45) is 2.27. The van der Waals surface area contributed by atoms with Crippen LogP contribution in [0.2, 0.25) is 0 Å². The quantitative estimate of drug-likeness (QED) is 0.887. The molecule has 0 aliphatic rings. The second kappa shape index (κ2) is 5.46. The first kappa shape index (κ1) is 12.3. The molecule has 0 saturated heterocycles. The van der Waals surface area contributed by atoms with Crippen molar-refractivity contribution in [1.29, 1.82) is 0 Å². The summed E-state index contributed by atoms with van der Waals surface area (Å²) in [5.41, 5.74) is 1.35. The fourth-order valence-electron chi connectivity index (χ4n) is 1.64. The predicted octanol–water partition coefficient (Wildman–Crippen LogP) is 1.58. The normalized spacial score (nSPS) is 11.9. The highest BCUT2D eigenvalue weighted by molar-refractivity contribution is 5.41. The van der Waals surface area contributed by atoms with Crippen molar-refractivity contribution in [3.8, 4) is 11.5 Å². The average molecular weight is 246 g/mol. The van der Waals surface area contributed by atoms with Gasteiger partial charge in [0.15, 0.2) is 0 Å². The van der Waals surface area contributed by atoms with Gasteiger partial charge in [0.25, 0.3) is 0 Å². The van der Waals surface area contributed by atoms with Gasteiger partial charge in [-0.2, -0.15) is 10.2 Å². The maximum atomic E-state index is 10.3. The van der Waals surface area contributed by atoms with Gasteiger partial charge in [-0.3, -0.25) is 0 Å². The topological polar surface area (TPSA) is 64.5 Å². The Kier molecular flexibility index (Phi) is 3.74. The summed E-state index contributed by atoms with van der Waals surface area (Å²) in [7, 11) is 3.14. The molecule has 1 heterocycles. The van der Waals surface area contributed by atoms with Crippen LogP contribution in [0.4, 0.5) is 0 Å². The van der Waals surface area contributed by atoms with E-state index in [0.717, 1.165) is 0 Å². The molecule has 0 amide bonds. The number of hydrogen-bond donors (Lipinski definition) is 1. The molecule has 0 radical (unpaired) electrons. The average Bonchev–Trinajstić information content (AvgIpc) is 2.46. The molecule has 1 aromatic heterocycles. The predicted molar refractivity (Wildman–Crippen MR) is 65.6 cm³/mol. The van der Waals surface area contributed by atoms with Gasteiger partial charge in [-0.15, -0.1) is 0 Å². The second-order valence-corrected chi connectivity index (χ2v) is 3.72. The molecule has 0 spiro atoms. The molecule has 2 aromatic rings. The lowest BCUT2D eigenvalue weighted by Gasteiger charge is -2.13. The Morgan fingerprint density at radius 1 is 1.00 bits per heavy atom. The summed E-state index contributed by atoms with van der Waals surface area (Å²) in [6, 6.07) is 6.98. The number of methoxy groups -OCH3 is 2. The van der Waals surface area contributed by atoms with Crippen molar-refractivity contribution in [2.45, 2.75) is 6.10 Å².